The summed E-state index contributed by atoms with van der Waals surface area (Å²) in [6.07, 6.45) is 0. The van der Waals surface area contributed by atoms with Crippen LogP contribution in [0.4, 0.5) is 11.4 Å². The highest BCUT2D eigenvalue weighted by atomic mass is 32.1. The molecule has 3 aromatic carbocycles. The van der Waals surface area contributed by atoms with Crippen LogP contribution in [0.1, 0.15) is 17.0 Å². The van der Waals surface area contributed by atoms with Gasteiger partial charge in [0.25, 0.3) is 0 Å². The van der Waals surface area contributed by atoms with Gasteiger partial charge in [0.1, 0.15) is 5.75 Å². The topological polar surface area (TPSA) is 51.1 Å². The molecule has 0 saturated heterocycles. The van der Waals surface area contributed by atoms with Crippen molar-refractivity contribution < 1.29 is 4.74 Å². The summed E-state index contributed by atoms with van der Waals surface area (Å²) in [5, 5.41) is 14.2. The summed E-state index contributed by atoms with van der Waals surface area (Å²) in [6, 6.07) is 22.5. The smallest absolute Gasteiger partial charge is 0.175 e. The maximum absolute atomic E-state index is 5.53. The summed E-state index contributed by atoms with van der Waals surface area (Å²) in [7, 11) is 1.64. The van der Waals surface area contributed by atoms with Gasteiger partial charge in [0, 0.05) is 0 Å². The lowest BCUT2D eigenvalue weighted by molar-refractivity contribution is 0.417. The lowest BCUT2D eigenvalue weighted by Gasteiger charge is -2.14. The summed E-state index contributed by atoms with van der Waals surface area (Å²) in [5.74, 6) is 0.738. The molecule has 0 bridgehead atoms. The fourth-order valence-electron chi connectivity index (χ4n) is 3.64. The molecule has 0 fully saturated rings. The molecule has 0 amide bonds. The van der Waals surface area contributed by atoms with Gasteiger partial charge in [0.15, 0.2) is 5.11 Å². The number of hydrogen-bond donors (Lipinski definition) is 2. The molecule has 0 spiro atoms. The van der Waals surface area contributed by atoms with E-state index in [1.807, 2.05) is 35.9 Å². The van der Waals surface area contributed by atoms with Gasteiger partial charge < -0.3 is 15.4 Å². The molecule has 1 aromatic heterocycles. The molecule has 0 aliphatic rings. The molecule has 5 nitrogen and oxygen atoms in total. The lowest BCUT2D eigenvalue weighted by Crippen LogP contribution is -2.20. The van der Waals surface area contributed by atoms with Crippen LogP contribution in [-0.2, 0) is 6.54 Å². The third kappa shape index (κ3) is 4.00. The van der Waals surface area contributed by atoms with E-state index in [4.69, 9.17) is 22.1 Å². The molecule has 0 aliphatic carbocycles. The largest absolute Gasteiger partial charge is 0.495 e. The number of nitrogens with zero attached hydrogens (tertiary/aromatic N) is 2. The van der Waals surface area contributed by atoms with E-state index in [1.165, 1.54) is 16.3 Å². The second-order valence-corrected chi connectivity index (χ2v) is 7.53. The van der Waals surface area contributed by atoms with E-state index in [0.717, 1.165) is 28.5 Å². The van der Waals surface area contributed by atoms with Gasteiger partial charge in [-0.15, -0.1) is 0 Å². The molecule has 2 N–H and O–H groups in total. The van der Waals surface area contributed by atoms with Gasteiger partial charge in [-0.25, -0.2) is 0 Å². The first-order chi connectivity index (χ1) is 14.6. The molecule has 0 atom stereocenters. The van der Waals surface area contributed by atoms with E-state index in [2.05, 4.69) is 60.0 Å². The van der Waals surface area contributed by atoms with E-state index < -0.39 is 0 Å². The Balaban J connectivity index is 1.55. The van der Waals surface area contributed by atoms with Crippen LogP contribution in [0.25, 0.3) is 10.8 Å². The van der Waals surface area contributed by atoms with E-state index in [0.29, 0.717) is 11.7 Å². The van der Waals surface area contributed by atoms with Crippen molar-refractivity contribution in [3.63, 3.8) is 0 Å². The maximum atomic E-state index is 5.53. The van der Waals surface area contributed by atoms with Crippen molar-refractivity contribution in [2.24, 2.45) is 0 Å². The van der Waals surface area contributed by atoms with Gasteiger partial charge in [0.05, 0.1) is 36.4 Å². The summed E-state index contributed by atoms with van der Waals surface area (Å²) in [5.41, 5.74) is 4.90. The van der Waals surface area contributed by atoms with Crippen LogP contribution >= 0.6 is 12.2 Å². The molecule has 0 saturated carbocycles. The Morgan fingerprint density at radius 1 is 0.967 bits per heavy atom. The van der Waals surface area contributed by atoms with Crippen molar-refractivity contribution in [2.75, 3.05) is 17.7 Å². The molecule has 6 heteroatoms. The number of aromatic nitrogens is 2. The summed E-state index contributed by atoms with van der Waals surface area (Å²) in [4.78, 5) is 0. The van der Waals surface area contributed by atoms with Crippen LogP contribution in [0.2, 0.25) is 0 Å². The molecule has 1 heterocycles. The van der Waals surface area contributed by atoms with Crippen LogP contribution in [0.3, 0.4) is 0 Å². The summed E-state index contributed by atoms with van der Waals surface area (Å²) in [6.45, 7) is 4.74. The average Bonchev–Trinajstić information content (AvgIpc) is 3.01. The standard InChI is InChI=1S/C24H24N4OS/c1-16-23(26-24(30)25-21-13-6-7-14-22(21)29-3)17(2)28(27-16)15-19-11-8-10-18-9-4-5-12-20(18)19/h4-14H,15H2,1-3H3,(H2,25,26,30). The van der Waals surface area contributed by atoms with E-state index in [9.17, 15) is 0 Å². The number of hydrogen-bond acceptors (Lipinski definition) is 3. The van der Waals surface area contributed by atoms with Gasteiger partial charge in [-0.05, 0) is 54.5 Å². The van der Waals surface area contributed by atoms with Gasteiger partial charge in [-0.3, -0.25) is 4.68 Å². The minimum atomic E-state index is 0.496. The van der Waals surface area contributed by atoms with Gasteiger partial charge >= 0.3 is 0 Å². The van der Waals surface area contributed by atoms with Crippen LogP contribution in [0.5, 0.6) is 5.75 Å². The molecular weight excluding hydrogens is 392 g/mol. The average molecular weight is 417 g/mol. The molecule has 0 unspecified atom stereocenters. The van der Waals surface area contributed by atoms with Crippen molar-refractivity contribution in [3.05, 3.63) is 83.7 Å². The number of nitrogens with one attached hydrogen (secondary N) is 2. The zero-order valence-electron chi connectivity index (χ0n) is 17.3. The van der Waals surface area contributed by atoms with E-state index in [1.54, 1.807) is 7.11 Å². The second kappa shape index (κ2) is 8.55. The first-order valence-electron chi connectivity index (χ1n) is 9.78. The Labute approximate surface area is 181 Å². The highest BCUT2D eigenvalue weighted by molar-refractivity contribution is 7.80. The van der Waals surface area contributed by atoms with Gasteiger partial charge in [-0.1, -0.05) is 54.6 Å². The molecule has 4 aromatic rings. The van der Waals surface area contributed by atoms with Crippen LogP contribution in [0.15, 0.2) is 66.7 Å². The Morgan fingerprint density at radius 2 is 1.70 bits per heavy atom. The third-order valence-corrected chi connectivity index (χ3v) is 5.38. The maximum Gasteiger partial charge on any atom is 0.175 e. The molecule has 0 radical (unpaired) electrons. The molecule has 0 aliphatic heterocycles. The number of aryl methyl sites for hydroxylation is 1. The number of para-hydroxylation sites is 2. The Bertz CT molecular complexity index is 1210. The zero-order valence-corrected chi connectivity index (χ0v) is 18.1. The van der Waals surface area contributed by atoms with Crippen molar-refractivity contribution in [1.82, 2.24) is 9.78 Å². The van der Waals surface area contributed by atoms with Gasteiger partial charge in [0.2, 0.25) is 0 Å². The van der Waals surface area contributed by atoms with Gasteiger partial charge in [-0.2, -0.15) is 5.10 Å². The first-order valence-corrected chi connectivity index (χ1v) is 10.2. The zero-order chi connectivity index (χ0) is 21.1. The van der Waals surface area contributed by atoms with Crippen molar-refractivity contribution in [3.8, 4) is 5.75 Å². The predicted octanol–water partition coefficient (Wildman–Crippen LogP) is 5.52. The predicted molar refractivity (Wildman–Crippen MR) is 128 cm³/mol. The Morgan fingerprint density at radius 3 is 2.53 bits per heavy atom. The normalized spacial score (nSPS) is 10.8. The van der Waals surface area contributed by atoms with E-state index >= 15 is 0 Å². The molecule has 30 heavy (non-hydrogen) atoms. The third-order valence-electron chi connectivity index (χ3n) is 5.18. The fourth-order valence-corrected chi connectivity index (χ4v) is 3.85. The Hall–Kier alpha value is -3.38. The monoisotopic (exact) mass is 416 g/mol. The van der Waals surface area contributed by atoms with Crippen molar-refractivity contribution in [2.45, 2.75) is 20.4 Å². The SMILES string of the molecule is COc1ccccc1NC(=S)Nc1c(C)nn(Cc2cccc3ccccc23)c1C. The molecule has 4 rings (SSSR count). The summed E-state index contributed by atoms with van der Waals surface area (Å²) < 4.78 is 7.40. The number of methoxy groups -OCH3 is 1. The highest BCUT2D eigenvalue weighted by Crippen LogP contribution is 2.26. The van der Waals surface area contributed by atoms with Crippen LogP contribution in [-0.4, -0.2) is 22.0 Å². The highest BCUT2D eigenvalue weighted by Gasteiger charge is 2.14. The Kier molecular flexibility index (Phi) is 5.68. The number of anilines is 2. The fraction of sp³-hybridized carbons (Fsp3) is 0.167. The molecule has 152 valence electrons. The van der Waals surface area contributed by atoms with Crippen molar-refractivity contribution >= 4 is 39.5 Å². The number of thiocarbonyl (C=S) groups is 1. The molecular formula is C24H24N4OS. The van der Waals surface area contributed by atoms with Crippen LogP contribution in [0, 0.1) is 13.8 Å². The lowest BCUT2D eigenvalue weighted by atomic mass is 10.0. The quantitative estimate of drug-likeness (QED) is 0.420. The van der Waals surface area contributed by atoms with E-state index in [-0.39, 0.29) is 0 Å². The summed E-state index contributed by atoms with van der Waals surface area (Å²) >= 11 is 5.53. The van der Waals surface area contributed by atoms with Crippen LogP contribution < -0.4 is 15.4 Å². The minimum absolute atomic E-state index is 0.496. The number of rotatable bonds is 5. The first kappa shape index (κ1) is 19.9. The number of ether oxygens (including phenoxy) is 1. The number of benzene rings is 3. The minimum Gasteiger partial charge on any atom is -0.495 e. The second-order valence-electron chi connectivity index (χ2n) is 7.12. The van der Waals surface area contributed by atoms with Crippen molar-refractivity contribution in [1.29, 1.82) is 0 Å². The number of fused-ring (bicyclic) bond motifs is 1.